The van der Waals surface area contributed by atoms with Crippen LogP contribution in [0.4, 0.5) is 0 Å². The minimum absolute atomic E-state index is 0.260. The topological polar surface area (TPSA) is 33.4 Å². The predicted octanol–water partition coefficient (Wildman–Crippen LogP) is 4.77. The number of benzene rings is 2. The van der Waals surface area contributed by atoms with Gasteiger partial charge in [0.25, 0.3) is 0 Å². The van der Waals surface area contributed by atoms with E-state index in [0.717, 1.165) is 27.9 Å². The monoisotopic (exact) mass is 258 g/mol. The van der Waals surface area contributed by atoms with Crippen LogP contribution in [-0.2, 0) is 0 Å². The number of aromatic hydroxyl groups is 1. The third-order valence-corrected chi connectivity index (χ3v) is 3.19. The molecular formula is C15H11ClO2. The van der Waals surface area contributed by atoms with Crippen LogP contribution in [0.1, 0.15) is 5.56 Å². The van der Waals surface area contributed by atoms with Gasteiger partial charge in [0.05, 0.1) is 0 Å². The Morgan fingerprint density at radius 2 is 1.89 bits per heavy atom. The molecule has 0 atom stereocenters. The van der Waals surface area contributed by atoms with Crippen molar-refractivity contribution in [2.24, 2.45) is 0 Å². The summed E-state index contributed by atoms with van der Waals surface area (Å²) in [6, 6.07) is 12.7. The molecule has 0 amide bonds. The third kappa shape index (κ3) is 1.85. The van der Waals surface area contributed by atoms with Gasteiger partial charge in [0.1, 0.15) is 17.1 Å². The number of halogens is 1. The molecule has 0 aliphatic rings. The van der Waals surface area contributed by atoms with Gasteiger partial charge in [-0.3, -0.25) is 0 Å². The number of phenols is 1. The number of rotatable bonds is 1. The summed E-state index contributed by atoms with van der Waals surface area (Å²) in [6.07, 6.45) is 0. The van der Waals surface area contributed by atoms with Crippen LogP contribution >= 0.6 is 11.6 Å². The van der Waals surface area contributed by atoms with Crippen LogP contribution < -0.4 is 0 Å². The maximum atomic E-state index is 9.41. The highest BCUT2D eigenvalue weighted by atomic mass is 35.5. The first kappa shape index (κ1) is 11.2. The molecule has 90 valence electrons. The second-order valence-corrected chi connectivity index (χ2v) is 4.73. The molecule has 3 aromatic rings. The van der Waals surface area contributed by atoms with Crippen molar-refractivity contribution in [2.45, 2.75) is 6.92 Å². The van der Waals surface area contributed by atoms with Crippen LogP contribution in [0.3, 0.4) is 0 Å². The first-order valence-electron chi connectivity index (χ1n) is 5.62. The van der Waals surface area contributed by atoms with Crippen molar-refractivity contribution in [1.82, 2.24) is 0 Å². The summed E-state index contributed by atoms with van der Waals surface area (Å²) in [5, 5.41) is 11.1. The SMILES string of the molecule is Cc1cc(O)ccc1-c1cc2cc(Cl)ccc2o1. The molecule has 0 aliphatic heterocycles. The Hall–Kier alpha value is -1.93. The molecule has 0 saturated carbocycles. The molecule has 2 aromatic carbocycles. The Labute approximate surface area is 109 Å². The summed E-state index contributed by atoms with van der Waals surface area (Å²) >= 11 is 5.95. The van der Waals surface area contributed by atoms with Gasteiger partial charge in [-0.1, -0.05) is 11.6 Å². The second kappa shape index (κ2) is 4.07. The third-order valence-electron chi connectivity index (χ3n) is 2.95. The van der Waals surface area contributed by atoms with Gasteiger partial charge in [-0.15, -0.1) is 0 Å². The highest BCUT2D eigenvalue weighted by Crippen LogP contribution is 2.32. The Balaban J connectivity index is 2.19. The van der Waals surface area contributed by atoms with Gasteiger partial charge >= 0.3 is 0 Å². The fraction of sp³-hybridized carbons (Fsp3) is 0.0667. The van der Waals surface area contributed by atoms with Crippen LogP contribution in [0, 0.1) is 6.92 Å². The van der Waals surface area contributed by atoms with Gasteiger partial charge in [0.2, 0.25) is 0 Å². The number of aryl methyl sites for hydroxylation is 1. The standard InChI is InChI=1S/C15H11ClO2/c1-9-6-12(17)3-4-13(9)15-8-10-7-11(16)2-5-14(10)18-15/h2-8,17H,1H3. The first-order chi connectivity index (χ1) is 8.63. The molecule has 1 N–H and O–H groups in total. The van der Waals surface area contributed by atoms with Crippen molar-refractivity contribution >= 4 is 22.6 Å². The van der Waals surface area contributed by atoms with Crippen molar-refractivity contribution in [3.8, 4) is 17.1 Å². The zero-order valence-electron chi connectivity index (χ0n) is 9.77. The number of furan rings is 1. The maximum Gasteiger partial charge on any atom is 0.135 e. The summed E-state index contributed by atoms with van der Waals surface area (Å²) in [6.45, 7) is 1.94. The summed E-state index contributed by atoms with van der Waals surface area (Å²) in [5.74, 6) is 1.04. The van der Waals surface area contributed by atoms with Crippen LogP contribution in [0.5, 0.6) is 5.75 Å². The lowest BCUT2D eigenvalue weighted by Crippen LogP contribution is -1.79. The first-order valence-corrected chi connectivity index (χ1v) is 6.00. The quantitative estimate of drug-likeness (QED) is 0.682. The highest BCUT2D eigenvalue weighted by Gasteiger charge is 2.09. The molecule has 0 bridgehead atoms. The molecule has 0 fully saturated rings. The van der Waals surface area contributed by atoms with E-state index in [4.69, 9.17) is 16.0 Å². The lowest BCUT2D eigenvalue weighted by Gasteiger charge is -2.02. The average Bonchev–Trinajstić information content (AvgIpc) is 2.71. The fourth-order valence-corrected chi connectivity index (χ4v) is 2.25. The lowest BCUT2D eigenvalue weighted by molar-refractivity contribution is 0.475. The Morgan fingerprint density at radius 1 is 1.06 bits per heavy atom. The molecule has 0 spiro atoms. The van der Waals surface area contributed by atoms with Crippen LogP contribution in [0.2, 0.25) is 5.02 Å². The van der Waals surface area contributed by atoms with E-state index < -0.39 is 0 Å². The normalized spacial score (nSPS) is 11.0. The van der Waals surface area contributed by atoms with E-state index >= 15 is 0 Å². The average molecular weight is 259 g/mol. The molecule has 0 unspecified atom stereocenters. The van der Waals surface area contributed by atoms with Crippen molar-refractivity contribution in [3.05, 3.63) is 53.1 Å². The second-order valence-electron chi connectivity index (χ2n) is 4.29. The van der Waals surface area contributed by atoms with Crippen molar-refractivity contribution in [3.63, 3.8) is 0 Å². The minimum atomic E-state index is 0.260. The largest absolute Gasteiger partial charge is 0.508 e. The molecule has 0 saturated heterocycles. The summed E-state index contributed by atoms with van der Waals surface area (Å²) in [5.41, 5.74) is 2.75. The Morgan fingerprint density at radius 3 is 2.67 bits per heavy atom. The molecule has 2 nitrogen and oxygen atoms in total. The Bertz CT molecular complexity index is 728. The summed E-state index contributed by atoms with van der Waals surface area (Å²) < 4.78 is 5.79. The molecule has 3 rings (SSSR count). The summed E-state index contributed by atoms with van der Waals surface area (Å²) in [4.78, 5) is 0. The number of phenolic OH excluding ortho intramolecular Hbond substituents is 1. The number of fused-ring (bicyclic) bond motifs is 1. The van der Waals surface area contributed by atoms with E-state index in [9.17, 15) is 5.11 Å². The van der Waals surface area contributed by atoms with E-state index in [1.807, 2.05) is 31.2 Å². The van der Waals surface area contributed by atoms with E-state index in [0.29, 0.717) is 5.02 Å². The van der Waals surface area contributed by atoms with Gasteiger partial charge in [0, 0.05) is 16.0 Å². The maximum absolute atomic E-state index is 9.41. The zero-order valence-corrected chi connectivity index (χ0v) is 10.5. The van der Waals surface area contributed by atoms with Crippen LogP contribution in [0.25, 0.3) is 22.3 Å². The highest BCUT2D eigenvalue weighted by molar-refractivity contribution is 6.31. The van der Waals surface area contributed by atoms with E-state index in [2.05, 4.69) is 0 Å². The zero-order chi connectivity index (χ0) is 12.7. The number of hydrogen-bond donors (Lipinski definition) is 1. The molecule has 0 radical (unpaired) electrons. The van der Waals surface area contributed by atoms with Crippen molar-refractivity contribution in [2.75, 3.05) is 0 Å². The number of hydrogen-bond acceptors (Lipinski definition) is 2. The van der Waals surface area contributed by atoms with E-state index in [1.54, 1.807) is 18.2 Å². The predicted molar refractivity (Wildman–Crippen MR) is 73.1 cm³/mol. The molecule has 3 heteroatoms. The summed E-state index contributed by atoms with van der Waals surface area (Å²) in [7, 11) is 0. The van der Waals surface area contributed by atoms with Crippen LogP contribution in [-0.4, -0.2) is 5.11 Å². The molecule has 0 aliphatic carbocycles. The van der Waals surface area contributed by atoms with Gasteiger partial charge in [0.15, 0.2) is 0 Å². The molecule has 1 aromatic heterocycles. The lowest BCUT2D eigenvalue weighted by atomic mass is 10.1. The van der Waals surface area contributed by atoms with Crippen molar-refractivity contribution in [1.29, 1.82) is 0 Å². The molecule has 18 heavy (non-hydrogen) atoms. The smallest absolute Gasteiger partial charge is 0.135 e. The fourth-order valence-electron chi connectivity index (χ4n) is 2.07. The van der Waals surface area contributed by atoms with Gasteiger partial charge in [-0.2, -0.15) is 0 Å². The van der Waals surface area contributed by atoms with Gasteiger partial charge in [-0.05, 0) is 55.0 Å². The Kier molecular flexibility index (Phi) is 2.53. The van der Waals surface area contributed by atoms with Gasteiger partial charge in [-0.25, -0.2) is 0 Å². The molecular weight excluding hydrogens is 248 g/mol. The minimum Gasteiger partial charge on any atom is -0.508 e. The van der Waals surface area contributed by atoms with E-state index in [-0.39, 0.29) is 5.75 Å². The van der Waals surface area contributed by atoms with Gasteiger partial charge < -0.3 is 9.52 Å². The van der Waals surface area contributed by atoms with Crippen LogP contribution in [0.15, 0.2) is 46.9 Å². The van der Waals surface area contributed by atoms with Crippen molar-refractivity contribution < 1.29 is 9.52 Å². The van der Waals surface area contributed by atoms with E-state index in [1.165, 1.54) is 0 Å². The molecule has 1 heterocycles.